The Morgan fingerprint density at radius 2 is 2.06 bits per heavy atom. The highest BCUT2D eigenvalue weighted by atomic mass is 79.9. The minimum Gasteiger partial charge on any atom is -0.330 e. The first-order valence-corrected chi connectivity index (χ1v) is 6.52. The normalized spacial score (nSPS) is 11.8. The molecule has 1 aromatic carbocycles. The van der Waals surface area contributed by atoms with Crippen molar-refractivity contribution < 1.29 is 0 Å². The van der Waals surface area contributed by atoms with Gasteiger partial charge in [0, 0.05) is 28.8 Å². The second-order valence-electron chi connectivity index (χ2n) is 5.26. The fourth-order valence-electron chi connectivity index (χ4n) is 1.91. The van der Waals surface area contributed by atoms with Gasteiger partial charge in [0.25, 0.3) is 0 Å². The molecule has 0 aliphatic carbocycles. The number of imidazole rings is 1. The maximum absolute atomic E-state index is 4.46. The van der Waals surface area contributed by atoms with E-state index in [9.17, 15) is 0 Å². The molecule has 2 rings (SSSR count). The topological polar surface area (TPSA) is 17.8 Å². The highest BCUT2D eigenvalue weighted by Crippen LogP contribution is 2.21. The Morgan fingerprint density at radius 3 is 2.71 bits per heavy atom. The Morgan fingerprint density at radius 1 is 1.29 bits per heavy atom. The van der Waals surface area contributed by atoms with Gasteiger partial charge in [-0.1, -0.05) is 48.8 Å². The molecule has 17 heavy (non-hydrogen) atoms. The number of nitrogens with zero attached hydrogens (tertiary/aromatic N) is 2. The molecular formula is C14H17BrN2. The maximum Gasteiger partial charge on any atom is 0.114 e. The molecule has 90 valence electrons. The Bertz CT molecular complexity index is 509. The van der Waals surface area contributed by atoms with Crippen LogP contribution in [0.1, 0.15) is 32.2 Å². The molecule has 0 fully saturated rings. The van der Waals surface area contributed by atoms with Gasteiger partial charge in [0.2, 0.25) is 0 Å². The fraction of sp³-hybridized carbons (Fsp3) is 0.357. The van der Waals surface area contributed by atoms with E-state index in [0.717, 1.165) is 16.8 Å². The minimum atomic E-state index is 0.0789. The van der Waals surface area contributed by atoms with Crippen molar-refractivity contribution in [3.63, 3.8) is 0 Å². The van der Waals surface area contributed by atoms with E-state index in [0.29, 0.717) is 0 Å². The van der Waals surface area contributed by atoms with E-state index in [4.69, 9.17) is 0 Å². The number of halogens is 1. The number of aromatic nitrogens is 2. The number of benzene rings is 1. The summed E-state index contributed by atoms with van der Waals surface area (Å²) in [5, 5.41) is 0. The van der Waals surface area contributed by atoms with Crippen LogP contribution in [0.15, 0.2) is 41.1 Å². The molecule has 0 saturated heterocycles. The molecule has 0 spiro atoms. The third-order valence-corrected chi connectivity index (χ3v) is 3.12. The summed E-state index contributed by atoms with van der Waals surface area (Å²) in [4.78, 5) is 4.46. The zero-order valence-electron chi connectivity index (χ0n) is 10.4. The van der Waals surface area contributed by atoms with Crippen molar-refractivity contribution in [1.29, 1.82) is 0 Å². The molecule has 1 aromatic heterocycles. The van der Waals surface area contributed by atoms with Crippen LogP contribution in [0.5, 0.6) is 0 Å². The molecule has 3 heteroatoms. The molecule has 2 aromatic rings. The number of rotatable bonds is 2. The molecule has 0 radical (unpaired) electrons. The van der Waals surface area contributed by atoms with E-state index in [1.165, 1.54) is 5.56 Å². The van der Waals surface area contributed by atoms with Crippen LogP contribution in [0, 0.1) is 0 Å². The van der Waals surface area contributed by atoms with Gasteiger partial charge in [-0.25, -0.2) is 4.98 Å². The molecule has 0 aliphatic heterocycles. The summed E-state index contributed by atoms with van der Waals surface area (Å²) in [6.07, 6.45) is 3.92. The fourth-order valence-corrected chi connectivity index (χ4v) is 2.36. The second-order valence-corrected chi connectivity index (χ2v) is 6.17. The summed E-state index contributed by atoms with van der Waals surface area (Å²) >= 11 is 3.50. The first-order chi connectivity index (χ1) is 7.97. The van der Waals surface area contributed by atoms with Crippen molar-refractivity contribution in [1.82, 2.24) is 9.55 Å². The monoisotopic (exact) mass is 292 g/mol. The number of hydrogen-bond acceptors (Lipinski definition) is 1. The molecule has 0 N–H and O–H groups in total. The Kier molecular flexibility index (Phi) is 3.38. The third kappa shape index (κ3) is 2.97. The standard InChI is InChI=1S/C14H17BrN2/c1-14(2,3)13-16-7-8-17(13)10-11-5-4-6-12(15)9-11/h4-9H,10H2,1-3H3. The Balaban J connectivity index is 2.28. The molecule has 0 saturated carbocycles. The van der Waals surface area contributed by atoms with Crippen LogP contribution < -0.4 is 0 Å². The number of hydrogen-bond donors (Lipinski definition) is 0. The molecule has 2 nitrogen and oxygen atoms in total. The van der Waals surface area contributed by atoms with E-state index in [1.54, 1.807) is 0 Å². The highest BCUT2D eigenvalue weighted by molar-refractivity contribution is 9.10. The van der Waals surface area contributed by atoms with Gasteiger partial charge in [-0.15, -0.1) is 0 Å². The van der Waals surface area contributed by atoms with Gasteiger partial charge in [0.15, 0.2) is 0 Å². The van der Waals surface area contributed by atoms with Crippen LogP contribution in [0.2, 0.25) is 0 Å². The smallest absolute Gasteiger partial charge is 0.114 e. The van der Waals surface area contributed by atoms with Crippen molar-refractivity contribution in [2.24, 2.45) is 0 Å². The lowest BCUT2D eigenvalue weighted by molar-refractivity contribution is 0.511. The summed E-state index contributed by atoms with van der Waals surface area (Å²) in [5.74, 6) is 1.12. The second kappa shape index (κ2) is 4.65. The van der Waals surface area contributed by atoms with Crippen molar-refractivity contribution >= 4 is 15.9 Å². The van der Waals surface area contributed by atoms with Crippen molar-refractivity contribution in [3.05, 3.63) is 52.5 Å². The van der Waals surface area contributed by atoms with E-state index in [2.05, 4.69) is 64.5 Å². The zero-order chi connectivity index (χ0) is 12.5. The van der Waals surface area contributed by atoms with Crippen LogP contribution >= 0.6 is 15.9 Å². The molecular weight excluding hydrogens is 276 g/mol. The molecule has 0 bridgehead atoms. The van der Waals surface area contributed by atoms with Crippen LogP contribution in [0.25, 0.3) is 0 Å². The first-order valence-electron chi connectivity index (χ1n) is 5.73. The lowest BCUT2D eigenvalue weighted by atomic mass is 9.95. The third-order valence-electron chi connectivity index (χ3n) is 2.63. The van der Waals surface area contributed by atoms with Crippen LogP contribution in [0.3, 0.4) is 0 Å². The summed E-state index contributed by atoms with van der Waals surface area (Å²) in [6.45, 7) is 7.43. The molecule has 0 aliphatic rings. The van der Waals surface area contributed by atoms with E-state index >= 15 is 0 Å². The van der Waals surface area contributed by atoms with Crippen molar-refractivity contribution in [3.8, 4) is 0 Å². The van der Waals surface area contributed by atoms with Gasteiger partial charge in [-0.2, -0.15) is 0 Å². The first kappa shape index (κ1) is 12.4. The van der Waals surface area contributed by atoms with Crippen molar-refractivity contribution in [2.75, 3.05) is 0 Å². The Hall–Kier alpha value is -1.09. The van der Waals surface area contributed by atoms with Crippen molar-refractivity contribution in [2.45, 2.75) is 32.7 Å². The molecule has 0 amide bonds. The SMILES string of the molecule is CC(C)(C)c1nccn1Cc1cccc(Br)c1. The molecule has 1 heterocycles. The van der Waals surface area contributed by atoms with E-state index in [-0.39, 0.29) is 5.41 Å². The maximum atomic E-state index is 4.46. The summed E-state index contributed by atoms with van der Waals surface area (Å²) in [5.41, 5.74) is 1.36. The van der Waals surface area contributed by atoms with Gasteiger partial charge in [0.1, 0.15) is 5.82 Å². The van der Waals surface area contributed by atoms with Gasteiger partial charge in [0.05, 0.1) is 0 Å². The predicted octanol–water partition coefficient (Wildman–Crippen LogP) is 3.99. The predicted molar refractivity (Wildman–Crippen MR) is 74.2 cm³/mol. The average molecular weight is 293 g/mol. The lowest BCUT2D eigenvalue weighted by Gasteiger charge is -2.19. The molecule has 0 atom stereocenters. The highest BCUT2D eigenvalue weighted by Gasteiger charge is 2.19. The van der Waals surface area contributed by atoms with E-state index in [1.807, 2.05) is 18.5 Å². The summed E-state index contributed by atoms with van der Waals surface area (Å²) < 4.78 is 3.33. The zero-order valence-corrected chi connectivity index (χ0v) is 12.0. The van der Waals surface area contributed by atoms with Gasteiger partial charge < -0.3 is 4.57 Å². The Labute approximate surface area is 111 Å². The molecule has 0 unspecified atom stereocenters. The van der Waals surface area contributed by atoms with Crippen LogP contribution in [-0.4, -0.2) is 9.55 Å². The largest absolute Gasteiger partial charge is 0.330 e. The van der Waals surface area contributed by atoms with Crippen LogP contribution in [-0.2, 0) is 12.0 Å². The van der Waals surface area contributed by atoms with E-state index < -0.39 is 0 Å². The quantitative estimate of drug-likeness (QED) is 0.818. The summed E-state index contributed by atoms with van der Waals surface area (Å²) in [7, 11) is 0. The average Bonchev–Trinajstić information content (AvgIpc) is 2.65. The lowest BCUT2D eigenvalue weighted by Crippen LogP contribution is -2.19. The summed E-state index contributed by atoms with van der Waals surface area (Å²) in [6, 6.07) is 8.39. The van der Waals surface area contributed by atoms with Gasteiger partial charge in [-0.3, -0.25) is 0 Å². The van der Waals surface area contributed by atoms with Gasteiger partial charge in [-0.05, 0) is 17.7 Å². The van der Waals surface area contributed by atoms with Crippen LogP contribution in [0.4, 0.5) is 0 Å². The van der Waals surface area contributed by atoms with Gasteiger partial charge >= 0.3 is 0 Å². The minimum absolute atomic E-state index is 0.0789.